The van der Waals surface area contributed by atoms with E-state index in [1.807, 2.05) is 30.5 Å². The van der Waals surface area contributed by atoms with Gasteiger partial charge in [-0.15, -0.1) is 11.3 Å². The number of rotatable bonds is 4. The second-order valence-corrected chi connectivity index (χ2v) is 5.08. The molecule has 0 aliphatic rings. The van der Waals surface area contributed by atoms with Gasteiger partial charge in [0.2, 0.25) is 0 Å². The summed E-state index contributed by atoms with van der Waals surface area (Å²) in [6, 6.07) is 5.58. The van der Waals surface area contributed by atoms with Crippen molar-refractivity contribution >= 4 is 22.9 Å². The second-order valence-electron chi connectivity index (χ2n) is 3.69. The minimum atomic E-state index is -0.0273. The highest BCUT2D eigenvalue weighted by molar-refractivity contribution is 7.09. The van der Waals surface area contributed by atoms with Gasteiger partial charge >= 0.3 is 0 Å². The Balaban J connectivity index is 2.06. The van der Waals surface area contributed by atoms with Gasteiger partial charge < -0.3 is 10.5 Å². The Kier molecular flexibility index (Phi) is 3.99. The maximum Gasteiger partial charge on any atom is 0.140 e. The van der Waals surface area contributed by atoms with Gasteiger partial charge in [-0.25, -0.2) is 4.98 Å². The zero-order valence-electron chi connectivity index (χ0n) is 9.39. The Morgan fingerprint density at radius 1 is 1.53 bits per heavy atom. The van der Waals surface area contributed by atoms with E-state index >= 15 is 0 Å². The lowest BCUT2D eigenvalue weighted by atomic mass is 10.1. The molecule has 1 atom stereocenters. The Labute approximate surface area is 109 Å². The smallest absolute Gasteiger partial charge is 0.140 e. The molecule has 0 amide bonds. The monoisotopic (exact) mass is 268 g/mol. The van der Waals surface area contributed by atoms with Crippen molar-refractivity contribution in [3.8, 4) is 5.75 Å². The van der Waals surface area contributed by atoms with Crippen LogP contribution in [0.2, 0.25) is 5.02 Å². The van der Waals surface area contributed by atoms with Gasteiger partial charge in [0.1, 0.15) is 17.4 Å². The summed E-state index contributed by atoms with van der Waals surface area (Å²) in [6.45, 7) is 2.36. The zero-order chi connectivity index (χ0) is 12.3. The first-order valence-electron chi connectivity index (χ1n) is 5.23. The Morgan fingerprint density at radius 2 is 2.35 bits per heavy atom. The van der Waals surface area contributed by atoms with E-state index in [0.717, 1.165) is 10.6 Å². The van der Waals surface area contributed by atoms with Gasteiger partial charge in [0.05, 0.1) is 5.02 Å². The van der Waals surface area contributed by atoms with E-state index in [2.05, 4.69) is 4.98 Å². The molecule has 0 aliphatic heterocycles. The molecule has 0 radical (unpaired) electrons. The molecule has 5 heteroatoms. The minimum absolute atomic E-state index is 0.0273. The first kappa shape index (κ1) is 12.4. The molecule has 0 aliphatic carbocycles. The van der Waals surface area contributed by atoms with Gasteiger partial charge in [-0.05, 0) is 24.6 Å². The van der Waals surface area contributed by atoms with Crippen LogP contribution in [0, 0.1) is 0 Å². The molecule has 0 unspecified atom stereocenters. The molecule has 0 spiro atoms. The highest BCUT2D eigenvalue weighted by Crippen LogP contribution is 2.28. The van der Waals surface area contributed by atoms with E-state index in [9.17, 15) is 0 Å². The molecule has 2 N–H and O–H groups in total. The maximum absolute atomic E-state index is 6.12. The molecule has 90 valence electrons. The van der Waals surface area contributed by atoms with Crippen molar-refractivity contribution in [2.75, 3.05) is 0 Å². The quantitative estimate of drug-likeness (QED) is 0.925. The fourth-order valence-corrected chi connectivity index (χ4v) is 2.15. The Morgan fingerprint density at radius 3 is 2.94 bits per heavy atom. The summed E-state index contributed by atoms with van der Waals surface area (Å²) in [5.74, 6) is 0.659. The van der Waals surface area contributed by atoms with E-state index in [4.69, 9.17) is 22.1 Å². The first-order valence-corrected chi connectivity index (χ1v) is 6.49. The van der Waals surface area contributed by atoms with Crippen LogP contribution < -0.4 is 10.5 Å². The van der Waals surface area contributed by atoms with Crippen molar-refractivity contribution in [2.24, 2.45) is 5.73 Å². The van der Waals surface area contributed by atoms with Crippen LogP contribution in [0.4, 0.5) is 0 Å². The third-order valence-electron chi connectivity index (χ3n) is 2.32. The molecule has 17 heavy (non-hydrogen) atoms. The van der Waals surface area contributed by atoms with Crippen molar-refractivity contribution in [1.29, 1.82) is 0 Å². The third kappa shape index (κ3) is 3.19. The van der Waals surface area contributed by atoms with E-state index < -0.39 is 0 Å². The Hall–Kier alpha value is -1.10. The van der Waals surface area contributed by atoms with Crippen molar-refractivity contribution in [2.45, 2.75) is 19.6 Å². The van der Waals surface area contributed by atoms with Crippen molar-refractivity contribution in [1.82, 2.24) is 4.98 Å². The number of thiazole rings is 1. The predicted octanol–water partition coefficient (Wildman–Crippen LogP) is 3.40. The molecule has 0 bridgehead atoms. The van der Waals surface area contributed by atoms with Crippen molar-refractivity contribution < 1.29 is 4.74 Å². The molecule has 2 rings (SSSR count). The largest absolute Gasteiger partial charge is 0.485 e. The number of halogens is 1. The molecule has 1 aromatic heterocycles. The van der Waals surface area contributed by atoms with Crippen LogP contribution in [0.3, 0.4) is 0 Å². The summed E-state index contributed by atoms with van der Waals surface area (Å²) >= 11 is 7.67. The molecule has 2 aromatic rings. The maximum atomic E-state index is 6.12. The molecule has 0 saturated heterocycles. The number of ether oxygens (including phenoxy) is 1. The average molecular weight is 269 g/mol. The number of hydrogen-bond acceptors (Lipinski definition) is 4. The lowest BCUT2D eigenvalue weighted by molar-refractivity contribution is 0.305. The molecule has 3 nitrogen and oxygen atoms in total. The third-order valence-corrected chi connectivity index (χ3v) is 3.36. The van der Waals surface area contributed by atoms with Gasteiger partial charge in [0, 0.05) is 17.6 Å². The summed E-state index contributed by atoms with van der Waals surface area (Å²) in [4.78, 5) is 4.14. The standard InChI is InChI=1S/C12H13ClN2OS/c1-8(14)9-2-3-11(10(13)6-9)16-7-12-15-4-5-17-12/h2-6,8H,7,14H2,1H3/t8-/m0/s1. The molecule has 0 fully saturated rings. The topological polar surface area (TPSA) is 48.1 Å². The van der Waals surface area contributed by atoms with Crippen LogP contribution in [0.15, 0.2) is 29.8 Å². The lowest BCUT2D eigenvalue weighted by Gasteiger charge is -2.10. The fraction of sp³-hybridized carbons (Fsp3) is 0.250. The highest BCUT2D eigenvalue weighted by Gasteiger charge is 2.06. The van der Waals surface area contributed by atoms with Crippen molar-refractivity contribution in [3.05, 3.63) is 45.4 Å². The van der Waals surface area contributed by atoms with Crippen LogP contribution >= 0.6 is 22.9 Å². The zero-order valence-corrected chi connectivity index (χ0v) is 11.0. The Bertz CT molecular complexity index is 485. The van der Waals surface area contributed by atoms with E-state index in [-0.39, 0.29) is 6.04 Å². The number of aromatic nitrogens is 1. The SMILES string of the molecule is C[C@H](N)c1ccc(OCc2nccs2)c(Cl)c1. The van der Waals surface area contributed by atoms with Crippen molar-refractivity contribution in [3.63, 3.8) is 0 Å². The summed E-state index contributed by atoms with van der Waals surface area (Å²) < 4.78 is 5.59. The van der Waals surface area contributed by atoms with Crippen LogP contribution in [0.25, 0.3) is 0 Å². The van der Waals surface area contributed by atoms with E-state index in [0.29, 0.717) is 17.4 Å². The molecule has 0 saturated carbocycles. The van der Waals surface area contributed by atoms with Gasteiger partial charge in [0.15, 0.2) is 0 Å². The van der Waals surface area contributed by atoms with Gasteiger partial charge in [-0.2, -0.15) is 0 Å². The minimum Gasteiger partial charge on any atom is -0.485 e. The highest BCUT2D eigenvalue weighted by atomic mass is 35.5. The second kappa shape index (κ2) is 5.49. The summed E-state index contributed by atoms with van der Waals surface area (Å²) in [6.07, 6.45) is 1.75. The molecular formula is C12H13ClN2OS. The van der Waals surface area contributed by atoms with Gasteiger partial charge in [-0.1, -0.05) is 17.7 Å². The normalized spacial score (nSPS) is 12.4. The first-order chi connectivity index (χ1) is 8.16. The average Bonchev–Trinajstić information content (AvgIpc) is 2.80. The summed E-state index contributed by atoms with van der Waals surface area (Å²) in [5, 5.41) is 3.42. The summed E-state index contributed by atoms with van der Waals surface area (Å²) in [5.41, 5.74) is 6.77. The number of nitrogens with two attached hydrogens (primary N) is 1. The summed E-state index contributed by atoms with van der Waals surface area (Å²) in [7, 11) is 0. The fourth-order valence-electron chi connectivity index (χ4n) is 1.38. The molecule has 1 heterocycles. The molecular weight excluding hydrogens is 256 g/mol. The van der Waals surface area contributed by atoms with E-state index in [1.165, 1.54) is 0 Å². The van der Waals surface area contributed by atoms with Gasteiger partial charge in [0.25, 0.3) is 0 Å². The lowest BCUT2D eigenvalue weighted by Crippen LogP contribution is -2.05. The number of benzene rings is 1. The predicted molar refractivity (Wildman–Crippen MR) is 70.5 cm³/mol. The molecule has 1 aromatic carbocycles. The van der Waals surface area contributed by atoms with Crippen LogP contribution in [-0.4, -0.2) is 4.98 Å². The number of hydrogen-bond donors (Lipinski definition) is 1. The van der Waals surface area contributed by atoms with Crippen LogP contribution in [0.1, 0.15) is 23.5 Å². The van der Waals surface area contributed by atoms with E-state index in [1.54, 1.807) is 17.5 Å². The van der Waals surface area contributed by atoms with Crippen LogP contribution in [0.5, 0.6) is 5.75 Å². The number of nitrogens with zero attached hydrogens (tertiary/aromatic N) is 1. The van der Waals surface area contributed by atoms with Crippen LogP contribution in [-0.2, 0) is 6.61 Å². The van der Waals surface area contributed by atoms with Gasteiger partial charge in [-0.3, -0.25) is 0 Å².